The first-order valence-electron chi connectivity index (χ1n) is 6.80. The van der Waals surface area contributed by atoms with Gasteiger partial charge in [0.15, 0.2) is 0 Å². The van der Waals surface area contributed by atoms with E-state index in [1.807, 2.05) is 12.4 Å². The van der Waals surface area contributed by atoms with Gasteiger partial charge in [-0.05, 0) is 32.6 Å². The molecule has 0 radical (unpaired) electrons. The molecule has 4 nitrogen and oxygen atoms in total. The van der Waals surface area contributed by atoms with Crippen LogP contribution < -0.4 is 5.32 Å². The summed E-state index contributed by atoms with van der Waals surface area (Å²) < 4.78 is 0. The van der Waals surface area contributed by atoms with E-state index in [1.165, 1.54) is 24.1 Å². The highest BCUT2D eigenvalue weighted by Crippen LogP contribution is 2.25. The fourth-order valence-corrected chi connectivity index (χ4v) is 3.13. The maximum atomic E-state index is 4.57. The van der Waals surface area contributed by atoms with Crippen molar-refractivity contribution in [2.45, 2.75) is 39.0 Å². The van der Waals surface area contributed by atoms with E-state index in [9.17, 15) is 0 Å². The number of hydrogen-bond acceptors (Lipinski definition) is 5. The molecule has 5 heteroatoms. The van der Waals surface area contributed by atoms with E-state index in [4.69, 9.17) is 0 Å². The quantitative estimate of drug-likeness (QED) is 0.931. The highest BCUT2D eigenvalue weighted by Gasteiger charge is 2.16. The third-order valence-corrected chi connectivity index (χ3v) is 4.09. The Morgan fingerprint density at radius 3 is 3.00 bits per heavy atom. The summed E-state index contributed by atoms with van der Waals surface area (Å²) in [7, 11) is 0. The van der Waals surface area contributed by atoms with Crippen molar-refractivity contribution >= 4 is 17.2 Å². The molecule has 0 fully saturated rings. The molecular weight excluding hydrogens is 256 g/mol. The first-order valence-corrected chi connectivity index (χ1v) is 7.74. The van der Waals surface area contributed by atoms with Gasteiger partial charge in [0.1, 0.15) is 11.6 Å². The summed E-state index contributed by atoms with van der Waals surface area (Å²) in [5.74, 6) is 1.91. The summed E-state index contributed by atoms with van der Waals surface area (Å²) >= 11 is 1.65. The molecule has 0 unspecified atom stereocenters. The Kier molecular flexibility index (Phi) is 3.73. The maximum absolute atomic E-state index is 4.57. The van der Waals surface area contributed by atoms with Crippen LogP contribution in [0.1, 0.15) is 35.6 Å². The molecule has 2 aromatic rings. The number of aryl methyl sites for hydroxylation is 2. The van der Waals surface area contributed by atoms with E-state index in [2.05, 4.69) is 25.6 Å². The Labute approximate surface area is 117 Å². The highest BCUT2D eigenvalue weighted by molar-refractivity contribution is 7.07. The lowest BCUT2D eigenvalue weighted by Crippen LogP contribution is -2.15. The van der Waals surface area contributed by atoms with Gasteiger partial charge in [-0.1, -0.05) is 0 Å². The normalized spacial score (nSPS) is 14.2. The van der Waals surface area contributed by atoms with Crippen LogP contribution in [0.2, 0.25) is 0 Å². The van der Waals surface area contributed by atoms with Crippen LogP contribution in [0.3, 0.4) is 0 Å². The van der Waals surface area contributed by atoms with Crippen molar-refractivity contribution in [3.8, 4) is 0 Å². The number of anilines is 1. The molecule has 19 heavy (non-hydrogen) atoms. The van der Waals surface area contributed by atoms with Crippen LogP contribution in [0.15, 0.2) is 10.9 Å². The molecule has 0 saturated heterocycles. The Morgan fingerprint density at radius 2 is 2.16 bits per heavy atom. The predicted octanol–water partition coefficient (Wildman–Crippen LogP) is 2.77. The predicted molar refractivity (Wildman–Crippen MR) is 77.7 cm³/mol. The van der Waals surface area contributed by atoms with E-state index < -0.39 is 0 Å². The third kappa shape index (κ3) is 2.92. The zero-order chi connectivity index (χ0) is 13.1. The Morgan fingerprint density at radius 1 is 1.26 bits per heavy atom. The number of thiazole rings is 1. The fourth-order valence-electron chi connectivity index (χ4n) is 2.53. The molecule has 0 aliphatic heterocycles. The van der Waals surface area contributed by atoms with Gasteiger partial charge in [0, 0.05) is 29.6 Å². The number of hydrogen-bond donors (Lipinski definition) is 1. The molecule has 0 saturated carbocycles. The Hall–Kier alpha value is -1.49. The van der Waals surface area contributed by atoms with Crippen LogP contribution in [0.25, 0.3) is 0 Å². The van der Waals surface area contributed by atoms with E-state index in [-0.39, 0.29) is 0 Å². The SMILES string of the molecule is Cc1nc2c(c(NCCc3cscn3)n1)CCCC2. The molecule has 0 amide bonds. The summed E-state index contributed by atoms with van der Waals surface area (Å²) in [5.41, 5.74) is 5.61. The second-order valence-electron chi connectivity index (χ2n) is 4.91. The maximum Gasteiger partial charge on any atom is 0.133 e. The van der Waals surface area contributed by atoms with Crippen molar-refractivity contribution in [3.63, 3.8) is 0 Å². The monoisotopic (exact) mass is 274 g/mol. The third-order valence-electron chi connectivity index (χ3n) is 3.45. The number of nitrogens with one attached hydrogen (secondary N) is 1. The minimum Gasteiger partial charge on any atom is -0.369 e. The van der Waals surface area contributed by atoms with Crippen LogP contribution in [-0.2, 0) is 19.3 Å². The second kappa shape index (κ2) is 5.65. The van der Waals surface area contributed by atoms with Crippen molar-refractivity contribution in [3.05, 3.63) is 33.7 Å². The smallest absolute Gasteiger partial charge is 0.133 e. The number of aromatic nitrogens is 3. The van der Waals surface area contributed by atoms with Crippen molar-refractivity contribution in [2.24, 2.45) is 0 Å². The van der Waals surface area contributed by atoms with Crippen molar-refractivity contribution in [1.82, 2.24) is 15.0 Å². The average Bonchev–Trinajstić information content (AvgIpc) is 2.91. The zero-order valence-electron chi connectivity index (χ0n) is 11.1. The average molecular weight is 274 g/mol. The van der Waals surface area contributed by atoms with Crippen LogP contribution in [0.5, 0.6) is 0 Å². The molecule has 1 aliphatic carbocycles. The summed E-state index contributed by atoms with van der Waals surface area (Å²) in [4.78, 5) is 13.4. The second-order valence-corrected chi connectivity index (χ2v) is 5.63. The van der Waals surface area contributed by atoms with Crippen LogP contribution >= 0.6 is 11.3 Å². The summed E-state index contributed by atoms with van der Waals surface area (Å²) in [6.07, 6.45) is 5.65. The molecule has 1 aliphatic rings. The molecule has 2 aromatic heterocycles. The zero-order valence-corrected chi connectivity index (χ0v) is 12.0. The lowest BCUT2D eigenvalue weighted by molar-refractivity contribution is 0.659. The van der Waals surface area contributed by atoms with Gasteiger partial charge in [-0.15, -0.1) is 11.3 Å². The number of rotatable bonds is 4. The van der Waals surface area contributed by atoms with Crippen LogP contribution in [-0.4, -0.2) is 21.5 Å². The van der Waals surface area contributed by atoms with E-state index in [0.717, 1.165) is 43.1 Å². The van der Waals surface area contributed by atoms with E-state index >= 15 is 0 Å². The summed E-state index contributed by atoms with van der Waals surface area (Å²) in [6.45, 7) is 2.85. The minimum absolute atomic E-state index is 0.872. The molecule has 0 atom stereocenters. The molecule has 0 spiro atoms. The van der Waals surface area contributed by atoms with Gasteiger partial charge in [0.2, 0.25) is 0 Å². The Balaban J connectivity index is 1.71. The minimum atomic E-state index is 0.872. The van der Waals surface area contributed by atoms with E-state index in [0.29, 0.717) is 0 Å². The lowest BCUT2D eigenvalue weighted by Gasteiger charge is -2.19. The van der Waals surface area contributed by atoms with Gasteiger partial charge in [0.05, 0.1) is 11.2 Å². The van der Waals surface area contributed by atoms with Gasteiger partial charge in [0.25, 0.3) is 0 Å². The summed E-state index contributed by atoms with van der Waals surface area (Å²) in [5, 5.41) is 5.56. The molecular formula is C14H18N4S. The number of fused-ring (bicyclic) bond motifs is 1. The number of nitrogens with zero attached hydrogens (tertiary/aromatic N) is 3. The molecule has 100 valence electrons. The molecule has 2 heterocycles. The fraction of sp³-hybridized carbons (Fsp3) is 0.500. The standard InChI is InChI=1S/C14H18N4S/c1-10-17-13-5-3-2-4-12(13)14(18-10)15-7-6-11-8-19-9-16-11/h8-9H,2-7H2,1H3,(H,15,17,18). The van der Waals surface area contributed by atoms with Gasteiger partial charge < -0.3 is 5.32 Å². The molecule has 1 N–H and O–H groups in total. The van der Waals surface area contributed by atoms with Gasteiger partial charge >= 0.3 is 0 Å². The van der Waals surface area contributed by atoms with Crippen molar-refractivity contribution in [2.75, 3.05) is 11.9 Å². The molecule has 0 aromatic carbocycles. The largest absolute Gasteiger partial charge is 0.369 e. The molecule has 0 bridgehead atoms. The van der Waals surface area contributed by atoms with Gasteiger partial charge in [-0.3, -0.25) is 0 Å². The van der Waals surface area contributed by atoms with Gasteiger partial charge in [-0.2, -0.15) is 0 Å². The van der Waals surface area contributed by atoms with Crippen molar-refractivity contribution in [1.29, 1.82) is 0 Å². The molecule has 3 rings (SSSR count). The van der Waals surface area contributed by atoms with Crippen LogP contribution in [0, 0.1) is 6.92 Å². The Bertz CT molecular complexity index is 551. The van der Waals surface area contributed by atoms with Gasteiger partial charge in [-0.25, -0.2) is 15.0 Å². The highest BCUT2D eigenvalue weighted by atomic mass is 32.1. The lowest BCUT2D eigenvalue weighted by atomic mass is 9.96. The first-order chi connectivity index (χ1) is 9.33. The topological polar surface area (TPSA) is 50.7 Å². The first kappa shape index (κ1) is 12.5. The summed E-state index contributed by atoms with van der Waals surface area (Å²) in [6, 6.07) is 0. The van der Waals surface area contributed by atoms with Crippen LogP contribution in [0.4, 0.5) is 5.82 Å². The van der Waals surface area contributed by atoms with E-state index in [1.54, 1.807) is 11.3 Å². The van der Waals surface area contributed by atoms with Crippen molar-refractivity contribution < 1.29 is 0 Å².